The number of aryl methyl sites for hydroxylation is 2. The number of hydrogen-bond donors (Lipinski definition) is 1. The molecule has 0 radical (unpaired) electrons. The molecule has 1 aromatic heterocycles. The smallest absolute Gasteiger partial charge is 0.248 e. The fourth-order valence-corrected chi connectivity index (χ4v) is 3.42. The van der Waals surface area contributed by atoms with Crippen LogP contribution in [0, 0.1) is 20.8 Å². The zero-order valence-corrected chi connectivity index (χ0v) is 17.5. The zero-order valence-electron chi connectivity index (χ0n) is 16.8. The van der Waals surface area contributed by atoms with E-state index in [-0.39, 0.29) is 5.91 Å². The van der Waals surface area contributed by atoms with Crippen LogP contribution in [-0.4, -0.2) is 12.5 Å². The fourth-order valence-electron chi connectivity index (χ4n) is 3.25. The number of anilines is 1. The van der Waals surface area contributed by atoms with Crippen LogP contribution in [0.2, 0.25) is 5.02 Å². The number of amides is 1. The lowest BCUT2D eigenvalue weighted by atomic mass is 9.98. The molecular weight excluding hydrogens is 374 g/mol. The van der Waals surface area contributed by atoms with Gasteiger partial charge in [-0.25, -0.2) is 0 Å². The maximum absolute atomic E-state index is 12.6. The van der Waals surface area contributed by atoms with Gasteiger partial charge >= 0.3 is 0 Å². The van der Waals surface area contributed by atoms with Crippen LogP contribution in [0.5, 0.6) is 5.75 Å². The SMILES string of the molecule is CCOc1c(/C(C)=C/C(=O)Nc2cccc(Cl)c2C)cc2c(C)coc2c1C. The minimum absolute atomic E-state index is 0.216. The number of furan rings is 1. The second-order valence-electron chi connectivity index (χ2n) is 6.84. The summed E-state index contributed by atoms with van der Waals surface area (Å²) in [6, 6.07) is 7.47. The summed E-state index contributed by atoms with van der Waals surface area (Å²) < 4.78 is 11.6. The Morgan fingerprint density at radius 2 is 2.00 bits per heavy atom. The molecule has 0 aliphatic rings. The first kappa shape index (κ1) is 20.0. The number of nitrogens with one attached hydrogen (secondary N) is 1. The fraction of sp³-hybridized carbons (Fsp3) is 0.261. The van der Waals surface area contributed by atoms with E-state index in [1.165, 1.54) is 0 Å². The molecule has 3 rings (SSSR count). The maximum Gasteiger partial charge on any atom is 0.248 e. The molecule has 0 aliphatic carbocycles. The Labute approximate surface area is 170 Å². The average Bonchev–Trinajstić information content (AvgIpc) is 3.02. The van der Waals surface area contributed by atoms with E-state index in [0.717, 1.165) is 44.5 Å². The van der Waals surface area contributed by atoms with Crippen molar-refractivity contribution in [3.05, 3.63) is 63.9 Å². The van der Waals surface area contributed by atoms with Crippen LogP contribution in [0.15, 0.2) is 41.0 Å². The number of ether oxygens (including phenoxy) is 1. The topological polar surface area (TPSA) is 51.5 Å². The molecule has 3 aromatic rings. The number of carbonyl (C=O) groups is 1. The summed E-state index contributed by atoms with van der Waals surface area (Å²) >= 11 is 6.14. The molecule has 1 amide bonds. The van der Waals surface area contributed by atoms with Crippen molar-refractivity contribution < 1.29 is 13.9 Å². The Hall–Kier alpha value is -2.72. The van der Waals surface area contributed by atoms with Crippen molar-refractivity contribution in [1.29, 1.82) is 0 Å². The summed E-state index contributed by atoms with van der Waals surface area (Å²) in [5.41, 5.74) is 6.03. The number of halogens is 1. The molecule has 146 valence electrons. The highest BCUT2D eigenvalue weighted by atomic mass is 35.5. The van der Waals surface area contributed by atoms with Gasteiger partial charge in [0.1, 0.15) is 11.3 Å². The van der Waals surface area contributed by atoms with Gasteiger partial charge < -0.3 is 14.5 Å². The van der Waals surface area contributed by atoms with Gasteiger partial charge in [0.2, 0.25) is 5.91 Å². The number of carbonyl (C=O) groups excluding carboxylic acids is 1. The van der Waals surface area contributed by atoms with Crippen LogP contribution in [0.4, 0.5) is 5.69 Å². The van der Waals surface area contributed by atoms with Crippen molar-refractivity contribution in [3.8, 4) is 5.75 Å². The molecule has 0 atom stereocenters. The quantitative estimate of drug-likeness (QED) is 0.503. The molecule has 0 unspecified atom stereocenters. The van der Waals surface area contributed by atoms with Crippen molar-refractivity contribution in [2.75, 3.05) is 11.9 Å². The second kappa shape index (κ2) is 8.11. The van der Waals surface area contributed by atoms with E-state index in [9.17, 15) is 4.79 Å². The van der Waals surface area contributed by atoms with Crippen molar-refractivity contribution >= 4 is 39.7 Å². The Bertz CT molecular complexity index is 1080. The Balaban J connectivity index is 2.00. The van der Waals surface area contributed by atoms with Crippen molar-refractivity contribution in [3.63, 3.8) is 0 Å². The van der Waals surface area contributed by atoms with Gasteiger partial charge in [0.05, 0.1) is 12.9 Å². The van der Waals surface area contributed by atoms with Crippen LogP contribution < -0.4 is 10.1 Å². The van der Waals surface area contributed by atoms with E-state index in [2.05, 4.69) is 5.32 Å². The van der Waals surface area contributed by atoms with Crippen LogP contribution in [0.25, 0.3) is 16.5 Å². The van der Waals surface area contributed by atoms with Crippen molar-refractivity contribution in [2.45, 2.75) is 34.6 Å². The minimum atomic E-state index is -0.216. The van der Waals surface area contributed by atoms with Gasteiger partial charge in [-0.1, -0.05) is 17.7 Å². The number of benzene rings is 2. The van der Waals surface area contributed by atoms with E-state index < -0.39 is 0 Å². The standard InChI is InChI=1S/C23H24ClNO3/c1-6-27-22-16(5)23-18(14(3)12-28-23)11-17(22)13(2)10-21(26)25-20-9-7-8-19(24)15(20)4/h7-12H,6H2,1-5H3,(H,25,26)/b13-10+. The normalized spacial score (nSPS) is 11.7. The maximum atomic E-state index is 12.6. The highest BCUT2D eigenvalue weighted by Gasteiger charge is 2.17. The minimum Gasteiger partial charge on any atom is -0.493 e. The Morgan fingerprint density at radius 3 is 2.71 bits per heavy atom. The molecule has 1 heterocycles. The molecule has 4 nitrogen and oxygen atoms in total. The third-order valence-electron chi connectivity index (χ3n) is 4.82. The van der Waals surface area contributed by atoms with Gasteiger partial charge in [-0.3, -0.25) is 4.79 Å². The molecule has 2 aromatic carbocycles. The highest BCUT2D eigenvalue weighted by Crippen LogP contribution is 2.37. The lowest BCUT2D eigenvalue weighted by Gasteiger charge is -2.15. The molecule has 0 spiro atoms. The summed E-state index contributed by atoms with van der Waals surface area (Å²) in [5, 5.41) is 4.54. The van der Waals surface area contributed by atoms with Gasteiger partial charge in [0.25, 0.3) is 0 Å². The predicted octanol–water partition coefficient (Wildman–Crippen LogP) is 6.45. The number of hydrogen-bond acceptors (Lipinski definition) is 3. The number of fused-ring (bicyclic) bond motifs is 1. The summed E-state index contributed by atoms with van der Waals surface area (Å²) in [4.78, 5) is 12.6. The van der Waals surface area contributed by atoms with E-state index in [1.807, 2.05) is 52.8 Å². The zero-order chi connectivity index (χ0) is 20.4. The highest BCUT2D eigenvalue weighted by molar-refractivity contribution is 6.31. The van der Waals surface area contributed by atoms with E-state index in [1.54, 1.807) is 18.4 Å². The number of allylic oxidation sites excluding steroid dienone is 1. The van der Waals surface area contributed by atoms with E-state index >= 15 is 0 Å². The molecule has 0 aliphatic heterocycles. The van der Waals surface area contributed by atoms with Crippen LogP contribution in [-0.2, 0) is 4.79 Å². The predicted molar refractivity (Wildman–Crippen MR) is 115 cm³/mol. The van der Waals surface area contributed by atoms with Gasteiger partial charge in [0, 0.05) is 33.3 Å². The van der Waals surface area contributed by atoms with Gasteiger partial charge in [0.15, 0.2) is 0 Å². The molecular formula is C23H24ClNO3. The molecule has 0 fully saturated rings. The monoisotopic (exact) mass is 397 g/mol. The lowest BCUT2D eigenvalue weighted by Crippen LogP contribution is -2.10. The van der Waals surface area contributed by atoms with Gasteiger partial charge in [-0.05, 0) is 69.5 Å². The third kappa shape index (κ3) is 3.78. The summed E-state index contributed by atoms with van der Waals surface area (Å²) in [5.74, 6) is 0.525. The molecule has 5 heteroatoms. The lowest BCUT2D eigenvalue weighted by molar-refractivity contribution is -0.111. The van der Waals surface area contributed by atoms with Crippen LogP contribution in [0.3, 0.4) is 0 Å². The first-order chi connectivity index (χ1) is 13.3. The van der Waals surface area contributed by atoms with E-state index in [0.29, 0.717) is 17.3 Å². The summed E-state index contributed by atoms with van der Waals surface area (Å²) in [7, 11) is 0. The van der Waals surface area contributed by atoms with Crippen molar-refractivity contribution in [2.24, 2.45) is 0 Å². The average molecular weight is 398 g/mol. The van der Waals surface area contributed by atoms with Crippen molar-refractivity contribution in [1.82, 2.24) is 0 Å². The Kier molecular flexibility index (Phi) is 5.80. The number of rotatable bonds is 5. The molecule has 0 bridgehead atoms. The van der Waals surface area contributed by atoms with Gasteiger partial charge in [-0.15, -0.1) is 0 Å². The third-order valence-corrected chi connectivity index (χ3v) is 5.23. The van der Waals surface area contributed by atoms with Gasteiger partial charge in [-0.2, -0.15) is 0 Å². The first-order valence-electron chi connectivity index (χ1n) is 9.22. The Morgan fingerprint density at radius 1 is 1.25 bits per heavy atom. The van der Waals surface area contributed by atoms with Crippen LogP contribution in [0.1, 0.15) is 36.1 Å². The molecule has 28 heavy (non-hydrogen) atoms. The van der Waals surface area contributed by atoms with E-state index in [4.69, 9.17) is 20.8 Å². The summed E-state index contributed by atoms with van der Waals surface area (Å²) in [6.45, 7) is 10.2. The molecule has 1 N–H and O–H groups in total. The molecule has 0 saturated carbocycles. The van der Waals surface area contributed by atoms with Crippen LogP contribution >= 0.6 is 11.6 Å². The molecule has 0 saturated heterocycles. The first-order valence-corrected chi connectivity index (χ1v) is 9.60. The second-order valence-corrected chi connectivity index (χ2v) is 7.24. The summed E-state index contributed by atoms with van der Waals surface area (Å²) in [6.07, 6.45) is 3.32. The largest absolute Gasteiger partial charge is 0.493 e.